The van der Waals surface area contributed by atoms with E-state index in [0.29, 0.717) is 52.6 Å². The predicted octanol–water partition coefficient (Wildman–Crippen LogP) is 4.50. The van der Waals surface area contributed by atoms with Crippen LogP contribution >= 0.6 is 11.3 Å². The average Bonchev–Trinajstić information content (AvgIpc) is 3.59. The lowest BCUT2D eigenvalue weighted by atomic mass is 10.0. The Balaban J connectivity index is 1.77. The van der Waals surface area contributed by atoms with Gasteiger partial charge in [0.25, 0.3) is 5.56 Å². The highest BCUT2D eigenvalue weighted by atomic mass is 32.1. The number of hydrogen-bond acceptors (Lipinski definition) is 8. The third kappa shape index (κ3) is 4.77. The largest absolute Gasteiger partial charge is 0.480 e. The van der Waals surface area contributed by atoms with E-state index in [9.17, 15) is 19.5 Å². The maximum absolute atomic E-state index is 14.1. The lowest BCUT2D eigenvalue weighted by Gasteiger charge is -2.30. The first-order valence-corrected chi connectivity index (χ1v) is 13.6. The van der Waals surface area contributed by atoms with Crippen LogP contribution < -0.4 is 11.2 Å². The number of rotatable bonds is 8. The number of aryl methyl sites for hydroxylation is 1. The molecule has 208 valence electrons. The standard InChI is InChI=1S/C28H28N4O7S/c1-16-21-24(33)32(28(2,3)26(34)35)27(36)31(25(21)40-22(16)23-30-11-14-38-23)15-20(39-17-9-12-37-13-10-17)18-7-5-6-8-19(18)29-4/h5-8,11,14,17,20H,9-10,12-13,15H2,1-3H3,(H,34,35)/t20-/m0/s1. The monoisotopic (exact) mass is 564 g/mol. The number of carboxylic acid groups (broad SMARTS) is 1. The van der Waals surface area contributed by atoms with Crippen LogP contribution in [0, 0.1) is 13.5 Å². The SMILES string of the molecule is [C-]#[N+]c1ccccc1[C@H](Cn1c(=O)n(C(C)(C)C(=O)O)c(=O)c2c(C)c(-c3ncco3)sc21)OC1CCOCC1. The number of para-hydroxylation sites is 1. The summed E-state index contributed by atoms with van der Waals surface area (Å²) in [5, 5.41) is 10.2. The summed E-state index contributed by atoms with van der Waals surface area (Å²) in [4.78, 5) is 48.9. The Labute approximate surface area is 233 Å². The zero-order valence-electron chi connectivity index (χ0n) is 22.2. The molecule has 12 heteroatoms. The zero-order chi connectivity index (χ0) is 28.6. The second kappa shape index (κ2) is 10.8. The molecular weight excluding hydrogens is 536 g/mol. The number of thiophene rings is 1. The van der Waals surface area contributed by atoms with E-state index >= 15 is 0 Å². The molecule has 5 rings (SSSR count). The van der Waals surface area contributed by atoms with E-state index in [1.54, 1.807) is 31.2 Å². The summed E-state index contributed by atoms with van der Waals surface area (Å²) < 4.78 is 19.7. The van der Waals surface area contributed by atoms with Crippen LogP contribution in [0.25, 0.3) is 25.8 Å². The molecule has 1 aliphatic heterocycles. The fourth-order valence-corrected chi connectivity index (χ4v) is 6.16. The van der Waals surface area contributed by atoms with Crippen LogP contribution in [0.15, 0.2) is 50.7 Å². The summed E-state index contributed by atoms with van der Waals surface area (Å²) >= 11 is 1.17. The molecule has 4 heterocycles. The van der Waals surface area contributed by atoms with E-state index in [2.05, 4.69) is 9.83 Å². The summed E-state index contributed by atoms with van der Waals surface area (Å²) in [5.41, 5.74) is -1.83. The van der Waals surface area contributed by atoms with Gasteiger partial charge in [0.2, 0.25) is 5.89 Å². The molecule has 0 radical (unpaired) electrons. The van der Waals surface area contributed by atoms with E-state index in [-0.39, 0.29) is 23.9 Å². The van der Waals surface area contributed by atoms with Crippen LogP contribution in [0.4, 0.5) is 5.69 Å². The second-order valence-electron chi connectivity index (χ2n) is 10.1. The Kier molecular flexibility index (Phi) is 7.46. The molecule has 0 saturated carbocycles. The van der Waals surface area contributed by atoms with E-state index in [1.165, 1.54) is 42.2 Å². The van der Waals surface area contributed by atoms with Crippen molar-refractivity contribution in [1.29, 1.82) is 0 Å². The van der Waals surface area contributed by atoms with E-state index in [4.69, 9.17) is 20.5 Å². The number of oxazole rings is 1. The molecule has 0 spiro atoms. The van der Waals surface area contributed by atoms with Crippen molar-refractivity contribution < 1.29 is 23.8 Å². The summed E-state index contributed by atoms with van der Waals surface area (Å²) in [6, 6.07) is 7.03. The van der Waals surface area contributed by atoms with Crippen molar-refractivity contribution in [3.63, 3.8) is 0 Å². The van der Waals surface area contributed by atoms with Crippen molar-refractivity contribution in [2.45, 2.75) is 57.9 Å². The van der Waals surface area contributed by atoms with Crippen molar-refractivity contribution in [3.8, 4) is 10.8 Å². The quantitative estimate of drug-likeness (QED) is 0.310. The summed E-state index contributed by atoms with van der Waals surface area (Å²) in [5.74, 6) is -1.04. The van der Waals surface area contributed by atoms with Crippen LogP contribution in [0.5, 0.6) is 0 Å². The Morgan fingerprint density at radius 3 is 2.67 bits per heavy atom. The predicted molar refractivity (Wildman–Crippen MR) is 148 cm³/mol. The number of aromatic nitrogens is 3. The normalized spacial score (nSPS) is 15.2. The van der Waals surface area contributed by atoms with Gasteiger partial charge in [-0.2, -0.15) is 0 Å². The van der Waals surface area contributed by atoms with E-state index < -0.39 is 28.9 Å². The molecule has 1 atom stereocenters. The minimum Gasteiger partial charge on any atom is -0.480 e. The third-order valence-corrected chi connectivity index (χ3v) is 8.50. The van der Waals surface area contributed by atoms with Crippen molar-refractivity contribution in [3.05, 3.63) is 80.1 Å². The topological polar surface area (TPSA) is 130 Å². The van der Waals surface area contributed by atoms with Gasteiger partial charge in [0.05, 0.1) is 41.8 Å². The third-order valence-electron chi connectivity index (χ3n) is 7.20. The van der Waals surface area contributed by atoms with Gasteiger partial charge >= 0.3 is 11.7 Å². The minimum atomic E-state index is -1.84. The number of nitrogens with zero attached hydrogens (tertiary/aromatic N) is 4. The van der Waals surface area contributed by atoms with Gasteiger partial charge in [0.1, 0.15) is 16.6 Å². The molecule has 0 bridgehead atoms. The molecule has 0 aliphatic carbocycles. The first-order valence-electron chi connectivity index (χ1n) is 12.8. The number of carbonyl (C=O) groups is 1. The summed E-state index contributed by atoms with van der Waals surface area (Å²) in [6.45, 7) is 13.1. The molecule has 0 unspecified atom stereocenters. The lowest BCUT2D eigenvalue weighted by molar-refractivity contribution is -0.146. The Morgan fingerprint density at radius 2 is 2.02 bits per heavy atom. The Bertz CT molecular complexity index is 1720. The highest BCUT2D eigenvalue weighted by Gasteiger charge is 2.36. The fraction of sp³-hybridized carbons (Fsp3) is 0.393. The van der Waals surface area contributed by atoms with Crippen LogP contribution in [-0.2, 0) is 26.4 Å². The maximum atomic E-state index is 14.1. The van der Waals surface area contributed by atoms with Gasteiger partial charge < -0.3 is 19.0 Å². The number of carboxylic acids is 1. The first-order chi connectivity index (χ1) is 19.1. The van der Waals surface area contributed by atoms with E-state index in [0.717, 1.165) is 4.57 Å². The van der Waals surface area contributed by atoms with Crippen molar-refractivity contribution >= 4 is 33.2 Å². The number of fused-ring (bicyclic) bond motifs is 1. The van der Waals surface area contributed by atoms with Gasteiger partial charge in [-0.25, -0.2) is 24.0 Å². The first kappa shape index (κ1) is 27.5. The van der Waals surface area contributed by atoms with Gasteiger partial charge in [0, 0.05) is 13.2 Å². The van der Waals surface area contributed by atoms with Crippen LogP contribution in [0.3, 0.4) is 0 Å². The van der Waals surface area contributed by atoms with Gasteiger partial charge in [0.15, 0.2) is 5.69 Å². The van der Waals surface area contributed by atoms with Crippen LogP contribution in [0.2, 0.25) is 0 Å². The molecule has 3 aromatic heterocycles. The van der Waals surface area contributed by atoms with Gasteiger partial charge in [-0.1, -0.05) is 24.3 Å². The summed E-state index contributed by atoms with van der Waals surface area (Å²) in [7, 11) is 0. The minimum absolute atomic E-state index is 0.0554. The van der Waals surface area contributed by atoms with Gasteiger partial charge in [-0.3, -0.25) is 9.36 Å². The van der Waals surface area contributed by atoms with Gasteiger partial charge in [-0.05, 0) is 44.7 Å². The molecule has 11 nitrogen and oxygen atoms in total. The summed E-state index contributed by atoms with van der Waals surface area (Å²) in [6.07, 6.45) is 3.30. The van der Waals surface area contributed by atoms with Gasteiger partial charge in [-0.15, -0.1) is 11.3 Å². The molecule has 40 heavy (non-hydrogen) atoms. The second-order valence-corrected chi connectivity index (χ2v) is 11.1. The van der Waals surface area contributed by atoms with Crippen LogP contribution in [-0.4, -0.2) is 44.5 Å². The highest BCUT2D eigenvalue weighted by Crippen LogP contribution is 2.37. The van der Waals surface area contributed by atoms with E-state index in [1.807, 2.05) is 0 Å². The van der Waals surface area contributed by atoms with Crippen molar-refractivity contribution in [2.24, 2.45) is 0 Å². The fourth-order valence-electron chi connectivity index (χ4n) is 4.92. The molecule has 4 aromatic rings. The molecular formula is C28H28N4O7S. The molecule has 1 saturated heterocycles. The highest BCUT2D eigenvalue weighted by molar-refractivity contribution is 7.22. The maximum Gasteiger partial charge on any atom is 0.333 e. The smallest absolute Gasteiger partial charge is 0.333 e. The Hall–Kier alpha value is -4.05. The average molecular weight is 565 g/mol. The number of hydrogen-bond donors (Lipinski definition) is 1. The molecule has 0 amide bonds. The lowest BCUT2D eigenvalue weighted by Crippen LogP contribution is -2.52. The van der Waals surface area contributed by atoms with Crippen molar-refractivity contribution in [1.82, 2.24) is 14.1 Å². The van der Waals surface area contributed by atoms with Crippen LogP contribution in [0.1, 0.15) is 43.9 Å². The molecule has 1 fully saturated rings. The molecule has 1 N–H and O–H groups in total. The zero-order valence-corrected chi connectivity index (χ0v) is 23.1. The Morgan fingerprint density at radius 1 is 1.30 bits per heavy atom. The number of benzene rings is 1. The molecule has 1 aliphatic rings. The number of ether oxygens (including phenoxy) is 2. The number of aliphatic carboxylic acids is 1. The molecule has 1 aromatic carbocycles. The van der Waals surface area contributed by atoms with Crippen molar-refractivity contribution in [2.75, 3.05) is 13.2 Å².